The van der Waals surface area contributed by atoms with Gasteiger partial charge in [-0.3, -0.25) is 10.1 Å². The fourth-order valence-electron chi connectivity index (χ4n) is 2.55. The Morgan fingerprint density at radius 1 is 1.41 bits per heavy atom. The molecule has 22 heavy (non-hydrogen) atoms. The van der Waals surface area contributed by atoms with Gasteiger partial charge in [-0.05, 0) is 33.0 Å². The second-order valence-electron chi connectivity index (χ2n) is 5.85. The van der Waals surface area contributed by atoms with E-state index in [9.17, 15) is 18.5 Å². The van der Waals surface area contributed by atoms with E-state index in [2.05, 4.69) is 10.0 Å². The lowest BCUT2D eigenvalue weighted by atomic mass is 10.0. The first-order valence-electron chi connectivity index (χ1n) is 6.88. The van der Waals surface area contributed by atoms with Crippen molar-refractivity contribution in [3.05, 3.63) is 28.3 Å². The number of anilines is 1. The maximum Gasteiger partial charge on any atom is 0.293 e. The zero-order chi connectivity index (χ0) is 16.5. The Morgan fingerprint density at radius 2 is 2.09 bits per heavy atom. The number of sulfonamides is 1. The van der Waals surface area contributed by atoms with Crippen molar-refractivity contribution in [2.75, 3.05) is 31.6 Å². The van der Waals surface area contributed by atoms with Crippen LogP contribution in [-0.2, 0) is 10.0 Å². The molecular weight excluding hydrogens is 308 g/mol. The Kier molecular flexibility index (Phi) is 4.41. The number of hydrogen-bond acceptors (Lipinski definition) is 6. The van der Waals surface area contributed by atoms with Crippen LogP contribution in [0, 0.1) is 10.1 Å². The first-order chi connectivity index (χ1) is 10.2. The van der Waals surface area contributed by atoms with Crippen LogP contribution >= 0.6 is 0 Å². The van der Waals surface area contributed by atoms with Gasteiger partial charge in [0.15, 0.2) is 0 Å². The van der Waals surface area contributed by atoms with Gasteiger partial charge in [-0.15, -0.1) is 0 Å². The summed E-state index contributed by atoms with van der Waals surface area (Å²) in [6.07, 6.45) is 0. The lowest BCUT2D eigenvalue weighted by Crippen LogP contribution is -2.57. The van der Waals surface area contributed by atoms with E-state index in [0.29, 0.717) is 25.3 Å². The predicted molar refractivity (Wildman–Crippen MR) is 83.6 cm³/mol. The zero-order valence-electron chi connectivity index (χ0n) is 12.8. The van der Waals surface area contributed by atoms with Crippen LogP contribution in [0.3, 0.4) is 0 Å². The Bertz CT molecular complexity index is 687. The quantitative estimate of drug-likeness (QED) is 0.622. The van der Waals surface area contributed by atoms with Crippen LogP contribution in [0.1, 0.15) is 13.8 Å². The molecule has 2 rings (SSSR count). The highest BCUT2D eigenvalue weighted by molar-refractivity contribution is 7.89. The molecule has 122 valence electrons. The first-order valence-corrected chi connectivity index (χ1v) is 8.36. The zero-order valence-corrected chi connectivity index (χ0v) is 13.6. The van der Waals surface area contributed by atoms with Gasteiger partial charge in [0.05, 0.1) is 9.82 Å². The van der Waals surface area contributed by atoms with Gasteiger partial charge in [-0.2, -0.15) is 0 Å². The van der Waals surface area contributed by atoms with Crippen molar-refractivity contribution in [1.29, 1.82) is 0 Å². The molecule has 1 aliphatic heterocycles. The Hall–Kier alpha value is -1.71. The molecule has 8 nitrogen and oxygen atoms in total. The molecule has 1 saturated heterocycles. The van der Waals surface area contributed by atoms with Crippen molar-refractivity contribution in [3.8, 4) is 0 Å². The maximum atomic E-state index is 11.8. The fraction of sp³-hybridized carbons (Fsp3) is 0.538. The van der Waals surface area contributed by atoms with Gasteiger partial charge in [0.25, 0.3) is 5.69 Å². The fourth-order valence-corrected chi connectivity index (χ4v) is 3.30. The summed E-state index contributed by atoms with van der Waals surface area (Å²) in [5.74, 6) is 0. The molecule has 0 aliphatic carbocycles. The third kappa shape index (κ3) is 3.37. The minimum atomic E-state index is -3.71. The topological polar surface area (TPSA) is 105 Å². The molecule has 1 aromatic rings. The average molecular weight is 328 g/mol. The molecule has 2 N–H and O–H groups in total. The van der Waals surface area contributed by atoms with Crippen molar-refractivity contribution in [2.45, 2.75) is 24.3 Å². The molecule has 0 aromatic heterocycles. The Balaban J connectivity index is 2.46. The molecule has 0 saturated carbocycles. The molecule has 1 fully saturated rings. The van der Waals surface area contributed by atoms with Crippen molar-refractivity contribution in [3.63, 3.8) is 0 Å². The van der Waals surface area contributed by atoms with Crippen LogP contribution < -0.4 is 14.9 Å². The summed E-state index contributed by atoms with van der Waals surface area (Å²) in [6.45, 7) is 5.98. The minimum absolute atomic E-state index is 0.111. The highest BCUT2D eigenvalue weighted by Gasteiger charge is 2.30. The molecule has 0 atom stereocenters. The van der Waals surface area contributed by atoms with E-state index in [-0.39, 0.29) is 16.1 Å². The summed E-state index contributed by atoms with van der Waals surface area (Å²) < 4.78 is 25.8. The third-order valence-corrected chi connectivity index (χ3v) is 5.05. The van der Waals surface area contributed by atoms with Crippen LogP contribution in [0.5, 0.6) is 0 Å². The lowest BCUT2D eigenvalue weighted by molar-refractivity contribution is -0.384. The second-order valence-corrected chi connectivity index (χ2v) is 7.73. The molecule has 1 aromatic carbocycles. The Morgan fingerprint density at radius 3 is 2.64 bits per heavy atom. The second kappa shape index (κ2) is 5.82. The van der Waals surface area contributed by atoms with Crippen molar-refractivity contribution in [1.82, 2.24) is 10.0 Å². The third-order valence-electron chi connectivity index (χ3n) is 3.63. The summed E-state index contributed by atoms with van der Waals surface area (Å²) in [5, 5.41) is 14.7. The first kappa shape index (κ1) is 16.7. The number of nitrogens with zero attached hydrogens (tertiary/aromatic N) is 2. The largest absolute Gasteiger partial charge is 0.363 e. The number of benzene rings is 1. The standard InChI is InChI=1S/C13H20N4O4S/c1-13(2)9-16(7-6-15-13)11-5-4-10(22(20,21)14-3)8-12(11)17(18)19/h4-5,8,14-15H,6-7,9H2,1-3H3. The molecule has 0 spiro atoms. The molecular formula is C13H20N4O4S. The van der Waals surface area contributed by atoms with Crippen molar-refractivity contribution in [2.24, 2.45) is 0 Å². The minimum Gasteiger partial charge on any atom is -0.363 e. The average Bonchev–Trinajstić information content (AvgIpc) is 2.45. The van der Waals surface area contributed by atoms with E-state index in [1.54, 1.807) is 0 Å². The van der Waals surface area contributed by atoms with E-state index in [1.807, 2.05) is 18.7 Å². The number of nitro groups is 1. The summed E-state index contributed by atoms with van der Waals surface area (Å²) >= 11 is 0. The number of piperazine rings is 1. The molecule has 0 unspecified atom stereocenters. The highest BCUT2D eigenvalue weighted by atomic mass is 32.2. The van der Waals surface area contributed by atoms with Gasteiger partial charge in [0.1, 0.15) is 5.69 Å². The monoisotopic (exact) mass is 328 g/mol. The molecule has 9 heteroatoms. The van der Waals surface area contributed by atoms with Crippen LogP contribution in [0.15, 0.2) is 23.1 Å². The molecule has 1 aliphatic rings. The van der Waals surface area contributed by atoms with Gasteiger partial charge in [-0.1, -0.05) is 0 Å². The predicted octanol–water partition coefficient (Wildman–Crippen LogP) is 0.691. The number of nitrogens with one attached hydrogen (secondary N) is 2. The lowest BCUT2D eigenvalue weighted by Gasteiger charge is -2.40. The summed E-state index contributed by atoms with van der Waals surface area (Å²) in [7, 11) is -2.44. The van der Waals surface area contributed by atoms with Gasteiger partial charge in [-0.25, -0.2) is 13.1 Å². The smallest absolute Gasteiger partial charge is 0.293 e. The van der Waals surface area contributed by atoms with Crippen molar-refractivity contribution >= 4 is 21.4 Å². The molecule has 0 radical (unpaired) electrons. The van der Waals surface area contributed by atoms with Gasteiger partial charge >= 0.3 is 0 Å². The van der Waals surface area contributed by atoms with Crippen molar-refractivity contribution < 1.29 is 13.3 Å². The summed E-state index contributed by atoms with van der Waals surface area (Å²) in [5.41, 5.74) is 0.0747. The van der Waals surface area contributed by atoms with Crippen LogP contribution in [0.25, 0.3) is 0 Å². The van der Waals surface area contributed by atoms with E-state index in [1.165, 1.54) is 19.2 Å². The van der Waals surface area contributed by atoms with Gasteiger partial charge in [0.2, 0.25) is 10.0 Å². The van der Waals surface area contributed by atoms with E-state index >= 15 is 0 Å². The van der Waals surface area contributed by atoms with E-state index in [0.717, 1.165) is 6.07 Å². The van der Waals surface area contributed by atoms with E-state index < -0.39 is 14.9 Å². The van der Waals surface area contributed by atoms with Crippen LogP contribution in [0.2, 0.25) is 0 Å². The summed E-state index contributed by atoms with van der Waals surface area (Å²) in [4.78, 5) is 12.6. The normalized spacial score (nSPS) is 18.2. The molecule has 1 heterocycles. The SMILES string of the molecule is CNS(=O)(=O)c1ccc(N2CCNC(C)(C)C2)c([N+](=O)[O-])c1. The highest BCUT2D eigenvalue weighted by Crippen LogP contribution is 2.32. The van der Waals surface area contributed by atoms with Gasteiger partial charge < -0.3 is 10.2 Å². The Labute approximate surface area is 129 Å². The summed E-state index contributed by atoms with van der Waals surface area (Å²) in [6, 6.07) is 4.00. The molecule has 0 bridgehead atoms. The van der Waals surface area contributed by atoms with Crippen LogP contribution in [0.4, 0.5) is 11.4 Å². The number of rotatable bonds is 4. The maximum absolute atomic E-state index is 11.8. The van der Waals surface area contributed by atoms with E-state index in [4.69, 9.17) is 0 Å². The number of nitro benzene ring substituents is 1. The van der Waals surface area contributed by atoms with Crippen LogP contribution in [-0.4, -0.2) is 45.6 Å². The number of hydrogen-bond donors (Lipinski definition) is 2. The van der Waals surface area contributed by atoms with Gasteiger partial charge in [0, 0.05) is 31.2 Å². The molecule has 0 amide bonds.